The summed E-state index contributed by atoms with van der Waals surface area (Å²) in [5.41, 5.74) is 1.25. The maximum atomic E-state index is 11.4. The Labute approximate surface area is 114 Å². The molecular formula is C14H22N2OS. The molecule has 0 aliphatic rings. The van der Waals surface area contributed by atoms with Crippen LogP contribution < -0.4 is 10.6 Å². The molecule has 0 heterocycles. The SMILES string of the molecule is CCNC(=O)CSc1cccc(CNC(C)C)c1. The van der Waals surface area contributed by atoms with Crippen LogP contribution in [0.25, 0.3) is 0 Å². The summed E-state index contributed by atoms with van der Waals surface area (Å²) in [7, 11) is 0. The van der Waals surface area contributed by atoms with E-state index in [0.29, 0.717) is 18.3 Å². The lowest BCUT2D eigenvalue weighted by atomic mass is 10.2. The molecule has 0 aromatic heterocycles. The van der Waals surface area contributed by atoms with Gasteiger partial charge in [0, 0.05) is 24.0 Å². The van der Waals surface area contributed by atoms with Crippen molar-refractivity contribution in [2.45, 2.75) is 38.3 Å². The van der Waals surface area contributed by atoms with Crippen LogP contribution in [0, 0.1) is 0 Å². The first kappa shape index (κ1) is 15.1. The van der Waals surface area contributed by atoms with E-state index >= 15 is 0 Å². The lowest BCUT2D eigenvalue weighted by Crippen LogP contribution is -2.24. The van der Waals surface area contributed by atoms with Crippen LogP contribution >= 0.6 is 11.8 Å². The molecule has 1 aromatic carbocycles. The summed E-state index contributed by atoms with van der Waals surface area (Å²) in [6.45, 7) is 7.76. The van der Waals surface area contributed by atoms with Crippen LogP contribution in [0.15, 0.2) is 29.2 Å². The summed E-state index contributed by atoms with van der Waals surface area (Å²) in [6, 6.07) is 8.81. The lowest BCUT2D eigenvalue weighted by molar-refractivity contribution is -0.118. The number of carbonyl (C=O) groups excluding carboxylic acids is 1. The predicted octanol–water partition coefficient (Wildman–Crippen LogP) is 2.41. The van der Waals surface area contributed by atoms with Crippen molar-refractivity contribution in [1.82, 2.24) is 10.6 Å². The second kappa shape index (κ2) is 8.16. The van der Waals surface area contributed by atoms with E-state index in [1.165, 1.54) is 5.56 Å². The Kier molecular flexibility index (Phi) is 6.83. The van der Waals surface area contributed by atoms with Crippen molar-refractivity contribution in [2.24, 2.45) is 0 Å². The molecule has 4 heteroatoms. The Morgan fingerprint density at radius 1 is 1.39 bits per heavy atom. The molecule has 0 fully saturated rings. The van der Waals surface area contributed by atoms with E-state index in [2.05, 4.69) is 36.6 Å². The van der Waals surface area contributed by atoms with Gasteiger partial charge in [-0.15, -0.1) is 11.8 Å². The second-order valence-electron chi connectivity index (χ2n) is 4.43. The van der Waals surface area contributed by atoms with E-state index in [4.69, 9.17) is 0 Å². The highest BCUT2D eigenvalue weighted by Gasteiger charge is 2.02. The quantitative estimate of drug-likeness (QED) is 0.745. The van der Waals surface area contributed by atoms with E-state index < -0.39 is 0 Å². The van der Waals surface area contributed by atoms with Crippen LogP contribution in [0.5, 0.6) is 0 Å². The third-order valence-corrected chi connectivity index (χ3v) is 3.35. The van der Waals surface area contributed by atoms with Crippen molar-refractivity contribution in [3.05, 3.63) is 29.8 Å². The van der Waals surface area contributed by atoms with E-state index in [-0.39, 0.29) is 5.91 Å². The van der Waals surface area contributed by atoms with Crippen LogP contribution in [0.1, 0.15) is 26.3 Å². The molecule has 0 saturated heterocycles. The molecule has 0 aliphatic carbocycles. The fraction of sp³-hybridized carbons (Fsp3) is 0.500. The zero-order chi connectivity index (χ0) is 13.4. The van der Waals surface area contributed by atoms with E-state index in [0.717, 1.165) is 11.4 Å². The average molecular weight is 266 g/mol. The van der Waals surface area contributed by atoms with Gasteiger partial charge in [0.2, 0.25) is 5.91 Å². The summed E-state index contributed by atoms with van der Waals surface area (Å²) in [5, 5.41) is 6.18. The van der Waals surface area contributed by atoms with Gasteiger partial charge in [-0.3, -0.25) is 4.79 Å². The van der Waals surface area contributed by atoms with Crippen molar-refractivity contribution in [2.75, 3.05) is 12.3 Å². The molecule has 0 unspecified atom stereocenters. The number of thioether (sulfide) groups is 1. The molecule has 2 N–H and O–H groups in total. The topological polar surface area (TPSA) is 41.1 Å². The third kappa shape index (κ3) is 6.07. The number of rotatable bonds is 7. The van der Waals surface area contributed by atoms with Crippen molar-refractivity contribution in [3.63, 3.8) is 0 Å². The van der Waals surface area contributed by atoms with Crippen molar-refractivity contribution in [1.29, 1.82) is 0 Å². The smallest absolute Gasteiger partial charge is 0.230 e. The first-order chi connectivity index (χ1) is 8.61. The first-order valence-corrected chi connectivity index (χ1v) is 7.32. The molecule has 100 valence electrons. The van der Waals surface area contributed by atoms with Gasteiger partial charge in [-0.05, 0) is 24.6 Å². The Morgan fingerprint density at radius 2 is 2.17 bits per heavy atom. The maximum Gasteiger partial charge on any atom is 0.230 e. The van der Waals surface area contributed by atoms with Crippen LogP contribution in [0.3, 0.4) is 0 Å². The fourth-order valence-electron chi connectivity index (χ4n) is 1.46. The molecule has 18 heavy (non-hydrogen) atoms. The molecule has 3 nitrogen and oxygen atoms in total. The highest BCUT2D eigenvalue weighted by atomic mass is 32.2. The lowest BCUT2D eigenvalue weighted by Gasteiger charge is -2.09. The van der Waals surface area contributed by atoms with Gasteiger partial charge in [0.15, 0.2) is 0 Å². The second-order valence-corrected chi connectivity index (χ2v) is 5.47. The summed E-state index contributed by atoms with van der Waals surface area (Å²) in [6.07, 6.45) is 0. The molecule has 0 spiro atoms. The summed E-state index contributed by atoms with van der Waals surface area (Å²) in [4.78, 5) is 12.5. The van der Waals surface area contributed by atoms with Crippen LogP contribution in [-0.4, -0.2) is 24.2 Å². The van der Waals surface area contributed by atoms with Gasteiger partial charge < -0.3 is 10.6 Å². The van der Waals surface area contributed by atoms with E-state index in [1.807, 2.05) is 19.1 Å². The minimum atomic E-state index is 0.0909. The molecule has 1 aromatic rings. The highest BCUT2D eigenvalue weighted by molar-refractivity contribution is 8.00. The van der Waals surface area contributed by atoms with E-state index in [9.17, 15) is 4.79 Å². The van der Waals surface area contributed by atoms with Crippen molar-refractivity contribution < 1.29 is 4.79 Å². The fourth-order valence-corrected chi connectivity index (χ4v) is 2.27. The standard InChI is InChI=1S/C14H22N2OS/c1-4-15-14(17)10-18-13-7-5-6-12(8-13)9-16-11(2)3/h5-8,11,16H,4,9-10H2,1-3H3,(H,15,17). The number of nitrogens with one attached hydrogen (secondary N) is 2. The minimum Gasteiger partial charge on any atom is -0.356 e. The molecular weight excluding hydrogens is 244 g/mol. The number of hydrogen-bond donors (Lipinski definition) is 2. The van der Waals surface area contributed by atoms with Crippen LogP contribution in [0.2, 0.25) is 0 Å². The van der Waals surface area contributed by atoms with Gasteiger partial charge in [-0.1, -0.05) is 26.0 Å². The van der Waals surface area contributed by atoms with Gasteiger partial charge >= 0.3 is 0 Å². The number of carbonyl (C=O) groups is 1. The van der Waals surface area contributed by atoms with Crippen molar-refractivity contribution >= 4 is 17.7 Å². The Balaban J connectivity index is 2.46. The maximum absolute atomic E-state index is 11.4. The Hall–Kier alpha value is -1.00. The molecule has 0 saturated carbocycles. The van der Waals surface area contributed by atoms with Crippen molar-refractivity contribution in [3.8, 4) is 0 Å². The predicted molar refractivity (Wildman–Crippen MR) is 77.8 cm³/mol. The monoisotopic (exact) mass is 266 g/mol. The van der Waals surface area contributed by atoms with E-state index in [1.54, 1.807) is 11.8 Å². The van der Waals surface area contributed by atoms with Crippen LogP contribution in [-0.2, 0) is 11.3 Å². The zero-order valence-corrected chi connectivity index (χ0v) is 12.1. The number of amides is 1. The van der Waals surface area contributed by atoms with Gasteiger partial charge in [-0.2, -0.15) is 0 Å². The molecule has 0 atom stereocenters. The Morgan fingerprint density at radius 3 is 2.83 bits per heavy atom. The zero-order valence-electron chi connectivity index (χ0n) is 11.3. The number of hydrogen-bond acceptors (Lipinski definition) is 3. The van der Waals surface area contributed by atoms with Gasteiger partial charge in [-0.25, -0.2) is 0 Å². The van der Waals surface area contributed by atoms with Gasteiger partial charge in [0.25, 0.3) is 0 Å². The molecule has 0 aliphatic heterocycles. The largest absolute Gasteiger partial charge is 0.356 e. The minimum absolute atomic E-state index is 0.0909. The average Bonchev–Trinajstić information content (AvgIpc) is 2.35. The molecule has 0 bridgehead atoms. The summed E-state index contributed by atoms with van der Waals surface area (Å²) >= 11 is 1.58. The Bertz CT molecular complexity index is 380. The van der Waals surface area contributed by atoms with Gasteiger partial charge in [0.05, 0.1) is 5.75 Å². The van der Waals surface area contributed by atoms with Crippen LogP contribution in [0.4, 0.5) is 0 Å². The normalized spacial score (nSPS) is 10.7. The number of benzene rings is 1. The summed E-state index contributed by atoms with van der Waals surface area (Å²) in [5.74, 6) is 0.572. The van der Waals surface area contributed by atoms with Gasteiger partial charge in [0.1, 0.15) is 0 Å². The highest BCUT2D eigenvalue weighted by Crippen LogP contribution is 2.18. The molecule has 0 radical (unpaired) electrons. The molecule has 1 rings (SSSR count). The first-order valence-electron chi connectivity index (χ1n) is 6.33. The summed E-state index contributed by atoms with van der Waals surface area (Å²) < 4.78 is 0. The third-order valence-electron chi connectivity index (χ3n) is 2.36. The molecule has 1 amide bonds.